The van der Waals surface area contributed by atoms with Crippen LogP contribution in [0.3, 0.4) is 0 Å². The molecule has 1 heterocycles. The minimum Gasteiger partial charge on any atom is -0.384 e. The Morgan fingerprint density at radius 3 is 2.82 bits per heavy atom. The fraction of sp³-hybridized carbons (Fsp3) is 0.818. The highest BCUT2D eigenvalue weighted by molar-refractivity contribution is 5.86. The number of morpholine rings is 1. The van der Waals surface area contributed by atoms with E-state index in [0.29, 0.717) is 26.2 Å². The Morgan fingerprint density at radius 2 is 2.24 bits per heavy atom. The largest absolute Gasteiger partial charge is 0.384 e. The molecule has 1 aliphatic heterocycles. The van der Waals surface area contributed by atoms with Crippen molar-refractivity contribution in [2.24, 2.45) is 0 Å². The Bertz CT molecular complexity index is 295. The molecule has 0 aliphatic carbocycles. The second-order valence-corrected chi connectivity index (χ2v) is 4.22. The first-order chi connectivity index (χ1) is 8.03. The Kier molecular flexibility index (Phi) is 4.89. The first-order valence-corrected chi connectivity index (χ1v) is 5.66. The molecular weight excluding hydrogens is 224 g/mol. The Morgan fingerprint density at radius 1 is 1.53 bits per heavy atom. The van der Waals surface area contributed by atoms with Gasteiger partial charge in [-0.1, -0.05) is 0 Å². The lowest BCUT2D eigenvalue weighted by molar-refractivity contribution is -0.162. The monoisotopic (exact) mass is 244 g/mol. The zero-order valence-corrected chi connectivity index (χ0v) is 10.6. The third-order valence-electron chi connectivity index (χ3n) is 2.85. The summed E-state index contributed by atoms with van der Waals surface area (Å²) in [5.41, 5.74) is -0.949. The number of amides is 2. The van der Waals surface area contributed by atoms with Crippen molar-refractivity contribution in [1.82, 2.24) is 10.2 Å². The summed E-state index contributed by atoms with van der Waals surface area (Å²) in [7, 11) is 3.11. The summed E-state index contributed by atoms with van der Waals surface area (Å²) < 4.78 is 10.3. The molecule has 0 bridgehead atoms. The van der Waals surface area contributed by atoms with Crippen LogP contribution in [0, 0.1) is 0 Å². The van der Waals surface area contributed by atoms with Gasteiger partial charge in [0.2, 0.25) is 5.91 Å². The van der Waals surface area contributed by atoms with Crippen LogP contribution in [0.15, 0.2) is 0 Å². The molecule has 2 amide bonds. The third kappa shape index (κ3) is 3.41. The molecule has 1 saturated heterocycles. The van der Waals surface area contributed by atoms with Crippen LogP contribution in [0.1, 0.15) is 13.3 Å². The molecule has 1 unspecified atom stereocenters. The smallest absolute Gasteiger partial charge is 0.253 e. The van der Waals surface area contributed by atoms with Gasteiger partial charge in [-0.15, -0.1) is 0 Å². The van der Waals surface area contributed by atoms with Crippen molar-refractivity contribution in [3.63, 3.8) is 0 Å². The number of rotatable bonds is 4. The fourth-order valence-corrected chi connectivity index (χ4v) is 1.83. The average Bonchev–Trinajstić information content (AvgIpc) is 2.34. The van der Waals surface area contributed by atoms with Gasteiger partial charge in [0.05, 0.1) is 26.2 Å². The van der Waals surface area contributed by atoms with Crippen molar-refractivity contribution < 1.29 is 19.1 Å². The average molecular weight is 244 g/mol. The standard InChI is InChI=1S/C11H20N2O4/c1-11(10(15)12-2)8-13(5-7-17-11)9(14)4-6-16-3/h4-8H2,1-3H3,(H,12,15). The molecule has 0 aromatic rings. The van der Waals surface area contributed by atoms with E-state index in [1.165, 1.54) is 0 Å². The van der Waals surface area contributed by atoms with Crippen LogP contribution in [0.4, 0.5) is 0 Å². The number of carbonyl (C=O) groups is 2. The summed E-state index contributed by atoms with van der Waals surface area (Å²) in [4.78, 5) is 25.1. The van der Waals surface area contributed by atoms with Crippen LogP contribution in [-0.2, 0) is 19.1 Å². The van der Waals surface area contributed by atoms with Gasteiger partial charge < -0.3 is 19.7 Å². The van der Waals surface area contributed by atoms with Crippen molar-refractivity contribution in [3.05, 3.63) is 0 Å². The molecular formula is C11H20N2O4. The molecule has 1 fully saturated rings. The maximum Gasteiger partial charge on any atom is 0.253 e. The molecule has 98 valence electrons. The third-order valence-corrected chi connectivity index (χ3v) is 2.85. The highest BCUT2D eigenvalue weighted by Crippen LogP contribution is 2.18. The number of hydrogen-bond donors (Lipinski definition) is 1. The SMILES string of the molecule is CNC(=O)C1(C)CN(C(=O)CCOC)CCO1. The molecule has 6 heteroatoms. The molecule has 0 aromatic carbocycles. The van der Waals surface area contributed by atoms with Crippen molar-refractivity contribution >= 4 is 11.8 Å². The molecule has 1 atom stereocenters. The summed E-state index contributed by atoms with van der Waals surface area (Å²) in [6, 6.07) is 0. The van der Waals surface area contributed by atoms with Crippen LogP contribution >= 0.6 is 0 Å². The summed E-state index contributed by atoms with van der Waals surface area (Å²) in [6.45, 7) is 3.28. The Labute approximate surface area is 101 Å². The quantitative estimate of drug-likeness (QED) is 0.716. The molecule has 1 aliphatic rings. The summed E-state index contributed by atoms with van der Waals surface area (Å²) in [5.74, 6) is -0.216. The number of likely N-dealkylation sites (N-methyl/N-ethyl adjacent to an activating group) is 1. The van der Waals surface area contributed by atoms with E-state index in [1.807, 2.05) is 0 Å². The van der Waals surface area contributed by atoms with Gasteiger partial charge in [0, 0.05) is 20.7 Å². The van der Waals surface area contributed by atoms with Gasteiger partial charge in [-0.25, -0.2) is 0 Å². The van der Waals surface area contributed by atoms with Gasteiger partial charge in [-0.2, -0.15) is 0 Å². The van der Waals surface area contributed by atoms with E-state index >= 15 is 0 Å². The molecule has 1 N–H and O–H groups in total. The summed E-state index contributed by atoms with van der Waals surface area (Å²) >= 11 is 0. The van der Waals surface area contributed by atoms with Gasteiger partial charge in [0.1, 0.15) is 0 Å². The topological polar surface area (TPSA) is 67.9 Å². The maximum absolute atomic E-state index is 11.8. The highest BCUT2D eigenvalue weighted by atomic mass is 16.5. The molecule has 0 saturated carbocycles. The van der Waals surface area contributed by atoms with Gasteiger partial charge in [0.15, 0.2) is 5.60 Å². The Balaban J connectivity index is 2.59. The van der Waals surface area contributed by atoms with Gasteiger partial charge in [-0.3, -0.25) is 9.59 Å². The number of hydrogen-bond acceptors (Lipinski definition) is 4. The van der Waals surface area contributed by atoms with E-state index in [4.69, 9.17) is 9.47 Å². The lowest BCUT2D eigenvalue weighted by Gasteiger charge is -2.39. The van der Waals surface area contributed by atoms with Gasteiger partial charge in [0.25, 0.3) is 5.91 Å². The number of nitrogens with zero attached hydrogens (tertiary/aromatic N) is 1. The van der Waals surface area contributed by atoms with Crippen LogP contribution in [0.2, 0.25) is 0 Å². The molecule has 6 nitrogen and oxygen atoms in total. The number of methoxy groups -OCH3 is 1. The lowest BCUT2D eigenvalue weighted by atomic mass is 10.0. The minimum absolute atomic E-state index is 0.00900. The zero-order valence-electron chi connectivity index (χ0n) is 10.6. The lowest BCUT2D eigenvalue weighted by Crippen LogP contribution is -2.58. The zero-order chi connectivity index (χ0) is 12.9. The predicted octanol–water partition coefficient (Wildman–Crippen LogP) is -0.614. The number of ether oxygens (including phenoxy) is 2. The first kappa shape index (κ1) is 13.9. The van der Waals surface area contributed by atoms with E-state index < -0.39 is 5.60 Å². The van der Waals surface area contributed by atoms with Crippen molar-refractivity contribution in [1.29, 1.82) is 0 Å². The first-order valence-electron chi connectivity index (χ1n) is 5.66. The molecule has 0 spiro atoms. The van der Waals surface area contributed by atoms with Gasteiger partial charge >= 0.3 is 0 Å². The number of carbonyl (C=O) groups excluding carboxylic acids is 2. The highest BCUT2D eigenvalue weighted by Gasteiger charge is 2.39. The van der Waals surface area contributed by atoms with E-state index in [0.717, 1.165) is 0 Å². The molecule has 0 radical (unpaired) electrons. The van der Waals surface area contributed by atoms with Crippen molar-refractivity contribution in [2.45, 2.75) is 18.9 Å². The molecule has 0 aromatic heterocycles. The summed E-state index contributed by atoms with van der Waals surface area (Å²) in [6.07, 6.45) is 0.334. The normalized spacial score (nSPS) is 24.5. The number of nitrogens with one attached hydrogen (secondary N) is 1. The van der Waals surface area contributed by atoms with Crippen LogP contribution < -0.4 is 5.32 Å². The van der Waals surface area contributed by atoms with Gasteiger partial charge in [-0.05, 0) is 6.92 Å². The van der Waals surface area contributed by atoms with Crippen molar-refractivity contribution in [2.75, 3.05) is 40.5 Å². The van der Waals surface area contributed by atoms with Crippen molar-refractivity contribution in [3.8, 4) is 0 Å². The second kappa shape index (κ2) is 5.97. The van der Waals surface area contributed by atoms with Crippen LogP contribution in [-0.4, -0.2) is 62.8 Å². The van der Waals surface area contributed by atoms with Crippen LogP contribution in [0.25, 0.3) is 0 Å². The maximum atomic E-state index is 11.8. The van der Waals surface area contributed by atoms with E-state index in [1.54, 1.807) is 26.0 Å². The molecule has 17 heavy (non-hydrogen) atoms. The van der Waals surface area contributed by atoms with Crippen LogP contribution in [0.5, 0.6) is 0 Å². The second-order valence-electron chi connectivity index (χ2n) is 4.22. The fourth-order valence-electron chi connectivity index (χ4n) is 1.83. The predicted molar refractivity (Wildman–Crippen MR) is 61.5 cm³/mol. The Hall–Kier alpha value is -1.14. The van der Waals surface area contributed by atoms with E-state index in [-0.39, 0.29) is 18.4 Å². The summed E-state index contributed by atoms with van der Waals surface area (Å²) in [5, 5.41) is 2.55. The minimum atomic E-state index is -0.949. The van der Waals surface area contributed by atoms with E-state index in [2.05, 4.69) is 5.32 Å². The molecule has 1 rings (SSSR count). The van der Waals surface area contributed by atoms with E-state index in [9.17, 15) is 9.59 Å².